The van der Waals surface area contributed by atoms with Gasteiger partial charge in [-0.3, -0.25) is 4.72 Å². The number of fused-ring (bicyclic) bond motifs is 1. The summed E-state index contributed by atoms with van der Waals surface area (Å²) in [6, 6.07) is 17.3. The maximum absolute atomic E-state index is 13.1. The Morgan fingerprint density at radius 2 is 1.56 bits per heavy atom. The Bertz CT molecular complexity index is 1220. The Hall–Kier alpha value is -3.26. The minimum atomic E-state index is -3.70. The van der Waals surface area contributed by atoms with E-state index in [1.165, 1.54) is 16.9 Å². The van der Waals surface area contributed by atoms with Crippen molar-refractivity contribution in [1.29, 1.82) is 0 Å². The molecule has 1 heterocycles. The van der Waals surface area contributed by atoms with Crippen LogP contribution in [0.2, 0.25) is 0 Å². The Kier molecular flexibility index (Phi) is 4.12. The number of rotatable bonds is 4. The average molecular weight is 382 g/mol. The van der Waals surface area contributed by atoms with E-state index >= 15 is 0 Å². The van der Waals surface area contributed by atoms with Gasteiger partial charge in [0, 0.05) is 0 Å². The zero-order valence-corrected chi connectivity index (χ0v) is 15.1. The van der Waals surface area contributed by atoms with Crippen LogP contribution in [0.15, 0.2) is 71.6 Å². The molecule has 0 radical (unpaired) electrons. The van der Waals surface area contributed by atoms with E-state index in [0.717, 1.165) is 5.56 Å². The van der Waals surface area contributed by atoms with Crippen molar-refractivity contribution in [2.75, 3.05) is 4.72 Å². The predicted octanol–water partition coefficient (Wildman–Crippen LogP) is 3.67. The van der Waals surface area contributed by atoms with Gasteiger partial charge in [0.1, 0.15) is 16.9 Å². The topological polar surface area (TPSA) is 76.9 Å². The largest absolute Gasteiger partial charge is 0.280 e. The van der Waals surface area contributed by atoms with Crippen molar-refractivity contribution in [3.8, 4) is 5.69 Å². The predicted molar refractivity (Wildman–Crippen MR) is 101 cm³/mol. The first kappa shape index (κ1) is 17.2. The Morgan fingerprint density at radius 1 is 0.889 bits per heavy atom. The fourth-order valence-corrected chi connectivity index (χ4v) is 3.65. The SMILES string of the molecule is Cc1ccc(S(=O)(=O)Nc2ccc3nn(-c4ccc(F)cc4)nc3c2)cc1. The van der Waals surface area contributed by atoms with Crippen LogP contribution in [-0.2, 0) is 10.0 Å². The molecule has 0 saturated heterocycles. The lowest BCUT2D eigenvalue weighted by molar-refractivity contribution is 0.601. The number of nitrogens with zero attached hydrogens (tertiary/aromatic N) is 3. The summed E-state index contributed by atoms with van der Waals surface area (Å²) in [4.78, 5) is 1.56. The van der Waals surface area contributed by atoms with Crippen molar-refractivity contribution in [2.24, 2.45) is 0 Å². The Balaban J connectivity index is 1.65. The number of aryl methyl sites for hydroxylation is 1. The molecule has 0 aliphatic heterocycles. The summed E-state index contributed by atoms with van der Waals surface area (Å²) in [7, 11) is -3.70. The zero-order chi connectivity index (χ0) is 19.0. The van der Waals surface area contributed by atoms with Gasteiger partial charge in [-0.1, -0.05) is 17.7 Å². The van der Waals surface area contributed by atoms with Gasteiger partial charge in [-0.2, -0.15) is 4.80 Å². The van der Waals surface area contributed by atoms with E-state index in [1.54, 1.807) is 54.6 Å². The van der Waals surface area contributed by atoms with Crippen LogP contribution in [0.1, 0.15) is 5.56 Å². The number of anilines is 1. The van der Waals surface area contributed by atoms with Gasteiger partial charge >= 0.3 is 0 Å². The molecule has 27 heavy (non-hydrogen) atoms. The van der Waals surface area contributed by atoms with Gasteiger partial charge in [0.05, 0.1) is 16.3 Å². The van der Waals surface area contributed by atoms with Crippen molar-refractivity contribution < 1.29 is 12.8 Å². The molecule has 0 fully saturated rings. The monoisotopic (exact) mass is 382 g/mol. The first-order chi connectivity index (χ1) is 12.9. The number of benzene rings is 3. The quantitative estimate of drug-likeness (QED) is 0.584. The van der Waals surface area contributed by atoms with Crippen molar-refractivity contribution >= 4 is 26.7 Å². The van der Waals surface area contributed by atoms with Crippen LogP contribution in [0.25, 0.3) is 16.7 Å². The molecular weight excluding hydrogens is 367 g/mol. The standard InChI is InChI=1S/C19H15FN4O2S/c1-13-2-9-17(10-3-13)27(25,26)23-15-6-11-18-19(12-15)22-24(21-18)16-7-4-14(20)5-8-16/h2-12,23H,1H3. The van der Waals surface area contributed by atoms with Crippen LogP contribution < -0.4 is 4.72 Å². The zero-order valence-electron chi connectivity index (χ0n) is 14.3. The number of halogens is 1. The third-order valence-corrected chi connectivity index (χ3v) is 5.42. The normalized spacial score (nSPS) is 11.6. The van der Waals surface area contributed by atoms with Crippen molar-refractivity contribution in [1.82, 2.24) is 15.0 Å². The van der Waals surface area contributed by atoms with E-state index < -0.39 is 10.0 Å². The van der Waals surface area contributed by atoms with E-state index in [9.17, 15) is 12.8 Å². The van der Waals surface area contributed by atoms with E-state index in [1.807, 2.05) is 6.92 Å². The summed E-state index contributed by atoms with van der Waals surface area (Å²) >= 11 is 0. The van der Waals surface area contributed by atoms with Gasteiger partial charge in [-0.25, -0.2) is 12.8 Å². The van der Waals surface area contributed by atoms with Crippen LogP contribution in [-0.4, -0.2) is 23.4 Å². The fraction of sp³-hybridized carbons (Fsp3) is 0.0526. The molecule has 136 valence electrons. The fourth-order valence-electron chi connectivity index (χ4n) is 2.60. The second-order valence-electron chi connectivity index (χ2n) is 6.09. The maximum Gasteiger partial charge on any atom is 0.261 e. The highest BCUT2D eigenvalue weighted by molar-refractivity contribution is 7.92. The number of aromatic nitrogens is 3. The summed E-state index contributed by atoms with van der Waals surface area (Å²) in [6.07, 6.45) is 0. The van der Waals surface area contributed by atoms with E-state index in [4.69, 9.17) is 0 Å². The summed E-state index contributed by atoms with van der Waals surface area (Å²) < 4.78 is 40.7. The average Bonchev–Trinajstić information content (AvgIpc) is 3.05. The maximum atomic E-state index is 13.1. The molecule has 8 heteroatoms. The molecule has 0 spiro atoms. The molecule has 0 bridgehead atoms. The van der Waals surface area contributed by atoms with Gasteiger partial charge in [-0.05, 0) is 61.5 Å². The molecule has 0 atom stereocenters. The highest BCUT2D eigenvalue weighted by Gasteiger charge is 2.15. The lowest BCUT2D eigenvalue weighted by Gasteiger charge is -2.08. The molecule has 4 aromatic rings. The summed E-state index contributed by atoms with van der Waals surface area (Å²) in [6.45, 7) is 1.89. The second kappa shape index (κ2) is 6.48. The van der Waals surface area contributed by atoms with Gasteiger partial charge in [-0.15, -0.1) is 10.2 Å². The van der Waals surface area contributed by atoms with Gasteiger partial charge in [0.25, 0.3) is 10.0 Å². The molecule has 3 aromatic carbocycles. The lowest BCUT2D eigenvalue weighted by Crippen LogP contribution is -2.12. The van der Waals surface area contributed by atoms with Gasteiger partial charge in [0.2, 0.25) is 0 Å². The van der Waals surface area contributed by atoms with Crippen molar-refractivity contribution in [2.45, 2.75) is 11.8 Å². The smallest absolute Gasteiger partial charge is 0.261 e. The summed E-state index contributed by atoms with van der Waals surface area (Å²) in [5, 5.41) is 8.66. The highest BCUT2D eigenvalue weighted by atomic mass is 32.2. The molecule has 6 nitrogen and oxygen atoms in total. The van der Waals surface area contributed by atoms with Crippen LogP contribution in [0.3, 0.4) is 0 Å². The van der Waals surface area contributed by atoms with Crippen LogP contribution in [0.5, 0.6) is 0 Å². The van der Waals surface area contributed by atoms with E-state index in [2.05, 4.69) is 14.9 Å². The molecular formula is C19H15FN4O2S. The Morgan fingerprint density at radius 3 is 2.26 bits per heavy atom. The van der Waals surface area contributed by atoms with Crippen molar-refractivity contribution in [3.05, 3.63) is 78.1 Å². The molecule has 0 amide bonds. The Labute approximate surface area is 155 Å². The van der Waals surface area contributed by atoms with Gasteiger partial charge in [0.15, 0.2) is 0 Å². The van der Waals surface area contributed by atoms with Gasteiger partial charge < -0.3 is 0 Å². The minimum absolute atomic E-state index is 0.183. The van der Waals surface area contributed by atoms with Crippen LogP contribution in [0, 0.1) is 12.7 Å². The number of sulfonamides is 1. The number of nitrogens with one attached hydrogen (secondary N) is 1. The van der Waals surface area contributed by atoms with Crippen molar-refractivity contribution in [3.63, 3.8) is 0 Å². The first-order valence-corrected chi connectivity index (χ1v) is 9.62. The minimum Gasteiger partial charge on any atom is -0.280 e. The van der Waals surface area contributed by atoms with E-state index in [0.29, 0.717) is 22.4 Å². The third kappa shape index (κ3) is 3.52. The summed E-state index contributed by atoms with van der Waals surface area (Å²) in [5.41, 5.74) is 3.08. The molecule has 0 saturated carbocycles. The molecule has 4 rings (SSSR count). The van der Waals surface area contributed by atoms with Crippen LogP contribution >= 0.6 is 0 Å². The molecule has 0 aliphatic carbocycles. The van der Waals surface area contributed by atoms with E-state index in [-0.39, 0.29) is 10.7 Å². The lowest BCUT2D eigenvalue weighted by atomic mass is 10.2. The third-order valence-electron chi connectivity index (χ3n) is 4.02. The number of hydrogen-bond donors (Lipinski definition) is 1. The molecule has 1 aromatic heterocycles. The van der Waals surface area contributed by atoms with Crippen LogP contribution in [0.4, 0.5) is 10.1 Å². The first-order valence-electron chi connectivity index (χ1n) is 8.13. The molecule has 1 N–H and O–H groups in total. The second-order valence-corrected chi connectivity index (χ2v) is 7.77. The molecule has 0 unspecified atom stereocenters. The number of hydrogen-bond acceptors (Lipinski definition) is 4. The molecule has 0 aliphatic rings. The highest BCUT2D eigenvalue weighted by Crippen LogP contribution is 2.21. The summed E-state index contributed by atoms with van der Waals surface area (Å²) in [5.74, 6) is -0.344.